The molecule has 0 bridgehead atoms. The van der Waals surface area contributed by atoms with Crippen LogP contribution in [0.25, 0.3) is 22.3 Å². The summed E-state index contributed by atoms with van der Waals surface area (Å²) in [5, 5.41) is 20.7. The number of hydrogen-bond donors (Lipinski definition) is 2. The predicted molar refractivity (Wildman–Crippen MR) is 119 cm³/mol. The highest BCUT2D eigenvalue weighted by Crippen LogP contribution is 2.38. The standard InChI is InChI=1S/C27H24O2/c1-18-8-14-26(28)24(16-18)25-17-23(13-15-27(25)29)19(2)20-9-11-22(12-10-20)21-6-4-3-5-7-21/h3-17,19,28-29H,1-2H3. The molecule has 2 N–H and O–H groups in total. The number of phenols is 2. The number of rotatable bonds is 4. The Morgan fingerprint density at radius 3 is 1.83 bits per heavy atom. The van der Waals surface area contributed by atoms with E-state index in [4.69, 9.17) is 0 Å². The van der Waals surface area contributed by atoms with Crippen LogP contribution in [-0.2, 0) is 0 Å². The Bertz CT molecular complexity index is 1130. The van der Waals surface area contributed by atoms with Crippen LogP contribution in [0.3, 0.4) is 0 Å². The van der Waals surface area contributed by atoms with Crippen LogP contribution in [0.2, 0.25) is 0 Å². The Morgan fingerprint density at radius 1 is 0.586 bits per heavy atom. The van der Waals surface area contributed by atoms with Crippen LogP contribution < -0.4 is 0 Å². The quantitative estimate of drug-likeness (QED) is 0.404. The van der Waals surface area contributed by atoms with Crippen LogP contribution in [0.5, 0.6) is 11.5 Å². The average molecular weight is 380 g/mol. The second kappa shape index (κ2) is 7.84. The van der Waals surface area contributed by atoms with Crippen molar-refractivity contribution in [1.82, 2.24) is 0 Å². The molecule has 0 heterocycles. The molecule has 0 fully saturated rings. The van der Waals surface area contributed by atoms with Gasteiger partial charge in [0.25, 0.3) is 0 Å². The minimum atomic E-state index is 0.158. The summed E-state index contributed by atoms with van der Waals surface area (Å²) in [7, 11) is 0. The first-order chi connectivity index (χ1) is 14.0. The minimum absolute atomic E-state index is 0.158. The maximum atomic E-state index is 10.4. The second-order valence-electron chi connectivity index (χ2n) is 7.51. The zero-order chi connectivity index (χ0) is 20.4. The summed E-state index contributed by atoms with van der Waals surface area (Å²) in [6, 6.07) is 30.0. The van der Waals surface area contributed by atoms with Crippen LogP contribution in [0, 0.1) is 6.92 Å². The Balaban J connectivity index is 1.67. The number of benzene rings is 4. The van der Waals surface area contributed by atoms with E-state index in [1.54, 1.807) is 12.1 Å². The zero-order valence-electron chi connectivity index (χ0n) is 16.6. The van der Waals surface area contributed by atoms with Crippen LogP contribution in [0.1, 0.15) is 29.5 Å². The lowest BCUT2D eigenvalue weighted by atomic mass is 9.89. The lowest BCUT2D eigenvalue weighted by Gasteiger charge is -2.16. The minimum Gasteiger partial charge on any atom is -0.507 e. The van der Waals surface area contributed by atoms with Gasteiger partial charge < -0.3 is 10.2 Å². The molecule has 0 saturated heterocycles. The van der Waals surface area contributed by atoms with E-state index in [2.05, 4.69) is 43.3 Å². The molecule has 4 aromatic rings. The van der Waals surface area contributed by atoms with Gasteiger partial charge in [0.05, 0.1) is 0 Å². The van der Waals surface area contributed by atoms with Crippen molar-refractivity contribution in [2.45, 2.75) is 19.8 Å². The highest BCUT2D eigenvalue weighted by Gasteiger charge is 2.15. The summed E-state index contributed by atoms with van der Waals surface area (Å²) in [5.41, 5.74) is 7.02. The van der Waals surface area contributed by atoms with E-state index in [9.17, 15) is 10.2 Å². The van der Waals surface area contributed by atoms with E-state index in [-0.39, 0.29) is 17.4 Å². The van der Waals surface area contributed by atoms with Gasteiger partial charge in [0.1, 0.15) is 11.5 Å². The van der Waals surface area contributed by atoms with Crippen molar-refractivity contribution in [3.63, 3.8) is 0 Å². The topological polar surface area (TPSA) is 40.5 Å². The Labute approximate surface area is 171 Å². The third-order valence-corrected chi connectivity index (χ3v) is 5.48. The van der Waals surface area contributed by atoms with E-state index >= 15 is 0 Å². The third kappa shape index (κ3) is 3.88. The summed E-state index contributed by atoms with van der Waals surface area (Å²) >= 11 is 0. The first-order valence-electron chi connectivity index (χ1n) is 9.81. The van der Waals surface area contributed by atoms with Crippen molar-refractivity contribution in [2.75, 3.05) is 0 Å². The number of hydrogen-bond acceptors (Lipinski definition) is 2. The molecule has 2 heteroatoms. The number of aryl methyl sites for hydroxylation is 1. The molecule has 0 aliphatic carbocycles. The van der Waals surface area contributed by atoms with Crippen LogP contribution in [0.15, 0.2) is 91.0 Å². The van der Waals surface area contributed by atoms with Gasteiger partial charge in [-0.2, -0.15) is 0 Å². The lowest BCUT2D eigenvalue weighted by Crippen LogP contribution is -1.97. The average Bonchev–Trinajstić information content (AvgIpc) is 2.76. The van der Waals surface area contributed by atoms with Gasteiger partial charge in [-0.1, -0.05) is 79.2 Å². The molecular formula is C27H24O2. The summed E-state index contributed by atoms with van der Waals surface area (Å²) in [6.07, 6.45) is 0. The molecule has 0 spiro atoms. The fraction of sp³-hybridized carbons (Fsp3) is 0.111. The molecule has 2 nitrogen and oxygen atoms in total. The maximum Gasteiger partial charge on any atom is 0.123 e. The molecule has 4 aromatic carbocycles. The van der Waals surface area contributed by atoms with Crippen molar-refractivity contribution in [2.24, 2.45) is 0 Å². The lowest BCUT2D eigenvalue weighted by molar-refractivity contribution is 0.469. The Hall–Kier alpha value is -3.52. The summed E-state index contributed by atoms with van der Waals surface area (Å²) < 4.78 is 0. The monoisotopic (exact) mass is 380 g/mol. The van der Waals surface area contributed by atoms with E-state index in [0.717, 1.165) is 11.1 Å². The highest BCUT2D eigenvalue weighted by atomic mass is 16.3. The number of phenolic OH excluding ortho intramolecular Hbond substituents is 2. The van der Waals surface area contributed by atoms with Crippen molar-refractivity contribution in [3.05, 3.63) is 108 Å². The van der Waals surface area contributed by atoms with Gasteiger partial charge >= 0.3 is 0 Å². The molecule has 0 amide bonds. The third-order valence-electron chi connectivity index (χ3n) is 5.48. The zero-order valence-corrected chi connectivity index (χ0v) is 16.6. The van der Waals surface area contributed by atoms with E-state index in [1.807, 2.05) is 49.4 Å². The molecular weight excluding hydrogens is 356 g/mol. The van der Waals surface area contributed by atoms with E-state index in [1.165, 1.54) is 16.7 Å². The predicted octanol–water partition coefficient (Wildman–Crippen LogP) is 6.89. The van der Waals surface area contributed by atoms with Crippen molar-refractivity contribution < 1.29 is 10.2 Å². The highest BCUT2D eigenvalue weighted by molar-refractivity contribution is 5.76. The van der Waals surface area contributed by atoms with Crippen LogP contribution >= 0.6 is 0 Å². The van der Waals surface area contributed by atoms with Crippen molar-refractivity contribution in [1.29, 1.82) is 0 Å². The molecule has 29 heavy (non-hydrogen) atoms. The SMILES string of the molecule is Cc1ccc(O)c(-c2cc(C(C)c3ccc(-c4ccccc4)cc3)ccc2O)c1. The first kappa shape index (κ1) is 18.8. The molecule has 0 saturated carbocycles. The van der Waals surface area contributed by atoms with E-state index < -0.39 is 0 Å². The van der Waals surface area contributed by atoms with Gasteiger partial charge in [0.2, 0.25) is 0 Å². The second-order valence-corrected chi connectivity index (χ2v) is 7.51. The van der Waals surface area contributed by atoms with Gasteiger partial charge in [-0.15, -0.1) is 0 Å². The molecule has 4 rings (SSSR count). The normalized spacial score (nSPS) is 11.9. The molecule has 0 aliphatic rings. The van der Waals surface area contributed by atoms with Crippen molar-refractivity contribution >= 4 is 0 Å². The van der Waals surface area contributed by atoms with Gasteiger partial charge in [-0.25, -0.2) is 0 Å². The fourth-order valence-electron chi connectivity index (χ4n) is 3.69. The maximum absolute atomic E-state index is 10.4. The van der Waals surface area contributed by atoms with Gasteiger partial charge in [0.15, 0.2) is 0 Å². The molecule has 144 valence electrons. The fourth-order valence-corrected chi connectivity index (χ4v) is 3.69. The van der Waals surface area contributed by atoms with Crippen molar-refractivity contribution in [3.8, 4) is 33.8 Å². The van der Waals surface area contributed by atoms with Gasteiger partial charge in [0, 0.05) is 17.0 Å². The molecule has 1 atom stereocenters. The van der Waals surface area contributed by atoms with Crippen LogP contribution in [0.4, 0.5) is 0 Å². The Kier molecular flexibility index (Phi) is 5.09. The first-order valence-corrected chi connectivity index (χ1v) is 9.81. The number of aromatic hydroxyl groups is 2. The molecule has 1 unspecified atom stereocenters. The summed E-state index contributed by atoms with van der Waals surface area (Å²) in [4.78, 5) is 0. The van der Waals surface area contributed by atoms with Gasteiger partial charge in [-0.3, -0.25) is 0 Å². The molecule has 0 aromatic heterocycles. The van der Waals surface area contributed by atoms with Crippen LogP contribution in [-0.4, -0.2) is 10.2 Å². The molecule has 0 radical (unpaired) electrons. The smallest absolute Gasteiger partial charge is 0.123 e. The summed E-state index contributed by atoms with van der Waals surface area (Å²) in [5.74, 6) is 0.496. The molecule has 0 aliphatic heterocycles. The Morgan fingerprint density at radius 2 is 1.14 bits per heavy atom. The van der Waals surface area contributed by atoms with E-state index in [0.29, 0.717) is 11.1 Å². The summed E-state index contributed by atoms with van der Waals surface area (Å²) in [6.45, 7) is 4.13. The largest absolute Gasteiger partial charge is 0.507 e. The van der Waals surface area contributed by atoms with Gasteiger partial charge in [-0.05, 0) is 53.4 Å².